The Morgan fingerprint density at radius 1 is 1.25 bits per heavy atom. The van der Waals surface area contributed by atoms with Crippen LogP contribution in [-0.4, -0.2) is 40.6 Å². The number of benzene rings is 2. The van der Waals surface area contributed by atoms with E-state index < -0.39 is 15.7 Å². The number of nitriles is 1. The van der Waals surface area contributed by atoms with Crippen molar-refractivity contribution in [2.45, 2.75) is 25.5 Å². The van der Waals surface area contributed by atoms with E-state index in [9.17, 15) is 18.5 Å². The Kier molecular flexibility index (Phi) is 7.47. The Labute approximate surface area is 212 Å². The largest absolute Gasteiger partial charge is 0.492 e. The molecule has 0 unspecified atom stereocenters. The number of nitrogens with one attached hydrogen (secondary N) is 1. The number of anilines is 1. The Hall–Kier alpha value is -4.01. The van der Waals surface area contributed by atoms with Crippen molar-refractivity contribution >= 4 is 49.4 Å². The molecule has 0 fully saturated rings. The highest BCUT2D eigenvalue weighted by Gasteiger charge is 2.20. The van der Waals surface area contributed by atoms with Crippen molar-refractivity contribution in [2.75, 3.05) is 17.7 Å². The lowest BCUT2D eigenvalue weighted by atomic mass is 10.1. The van der Waals surface area contributed by atoms with E-state index >= 15 is 0 Å². The quantitative estimate of drug-likeness (QED) is 0.258. The molecule has 0 spiro atoms. The fourth-order valence-electron chi connectivity index (χ4n) is 3.53. The number of ether oxygens (including phenoxy) is 1. The summed E-state index contributed by atoms with van der Waals surface area (Å²) in [6.45, 7) is 4.49. The molecule has 36 heavy (non-hydrogen) atoms. The van der Waals surface area contributed by atoms with Gasteiger partial charge in [-0.25, -0.2) is 8.42 Å². The molecule has 184 valence electrons. The number of sulfone groups is 1. The summed E-state index contributed by atoms with van der Waals surface area (Å²) in [4.78, 5) is 16.6. The maximum absolute atomic E-state index is 12.7. The van der Waals surface area contributed by atoms with Crippen LogP contribution < -0.4 is 10.1 Å². The molecule has 0 aliphatic rings. The van der Waals surface area contributed by atoms with Gasteiger partial charge >= 0.3 is 0 Å². The highest BCUT2D eigenvalue weighted by molar-refractivity contribution is 7.91. The summed E-state index contributed by atoms with van der Waals surface area (Å²) in [6.07, 6.45) is 3.37. The Morgan fingerprint density at radius 2 is 2.06 bits per heavy atom. The van der Waals surface area contributed by atoms with Crippen molar-refractivity contribution in [3.63, 3.8) is 0 Å². The van der Waals surface area contributed by atoms with Gasteiger partial charge in [0.15, 0.2) is 0 Å². The molecule has 11 heteroatoms. The van der Waals surface area contributed by atoms with Crippen LogP contribution >= 0.6 is 11.5 Å². The monoisotopic (exact) mass is 521 g/mol. The average Bonchev–Trinajstić information content (AvgIpc) is 3.48. The first-order valence-electron chi connectivity index (χ1n) is 11.1. The van der Waals surface area contributed by atoms with E-state index in [1.54, 1.807) is 0 Å². The third-order valence-corrected chi connectivity index (χ3v) is 7.61. The summed E-state index contributed by atoms with van der Waals surface area (Å²) in [5, 5.41) is 12.6. The number of aromatic nitrogens is 3. The van der Waals surface area contributed by atoms with Crippen molar-refractivity contribution in [3.8, 4) is 11.8 Å². The maximum atomic E-state index is 12.7. The molecule has 0 saturated carbocycles. The zero-order valence-electron chi connectivity index (χ0n) is 19.6. The topological polar surface area (TPSA) is 127 Å². The fourth-order valence-corrected chi connectivity index (χ4v) is 5.11. The van der Waals surface area contributed by atoms with E-state index in [1.165, 1.54) is 13.0 Å². The molecular formula is C25H23N5O4S2. The second-order valence-corrected chi connectivity index (χ2v) is 10.8. The van der Waals surface area contributed by atoms with E-state index in [0.717, 1.165) is 33.7 Å². The molecule has 2 heterocycles. The third kappa shape index (κ3) is 5.62. The van der Waals surface area contributed by atoms with Crippen LogP contribution in [0.3, 0.4) is 0 Å². The summed E-state index contributed by atoms with van der Waals surface area (Å²) in [6, 6.07) is 17.4. The van der Waals surface area contributed by atoms with Gasteiger partial charge in [-0.3, -0.25) is 10.1 Å². The first-order chi connectivity index (χ1) is 17.3. The molecule has 2 aromatic heterocycles. The first-order valence-corrected chi connectivity index (χ1v) is 13.5. The second kappa shape index (κ2) is 10.7. The summed E-state index contributed by atoms with van der Waals surface area (Å²) in [5.41, 5.74) is 2.60. The van der Waals surface area contributed by atoms with Gasteiger partial charge < -0.3 is 9.30 Å². The molecule has 0 aliphatic carbocycles. The number of hydrogen-bond acceptors (Lipinski definition) is 8. The highest BCUT2D eigenvalue weighted by Crippen LogP contribution is 2.24. The maximum Gasteiger partial charge on any atom is 0.268 e. The fraction of sp³-hybridized carbons (Fsp3) is 0.200. The van der Waals surface area contributed by atoms with Gasteiger partial charge in [0.05, 0.1) is 12.3 Å². The molecular weight excluding hydrogens is 498 g/mol. The number of rotatable bonds is 9. The van der Waals surface area contributed by atoms with E-state index in [1.807, 2.05) is 72.3 Å². The van der Waals surface area contributed by atoms with Gasteiger partial charge in [-0.2, -0.15) is 14.6 Å². The minimum absolute atomic E-state index is 0.00361. The van der Waals surface area contributed by atoms with E-state index in [2.05, 4.69) is 14.7 Å². The molecule has 0 bridgehead atoms. The third-order valence-electron chi connectivity index (χ3n) is 5.36. The van der Waals surface area contributed by atoms with E-state index in [-0.39, 0.29) is 21.6 Å². The van der Waals surface area contributed by atoms with E-state index in [4.69, 9.17) is 4.74 Å². The molecule has 1 amide bonds. The molecule has 4 rings (SSSR count). The number of para-hydroxylation sites is 1. The number of fused-ring (bicyclic) bond motifs is 1. The predicted octanol–water partition coefficient (Wildman–Crippen LogP) is 4.22. The SMILES string of the molecule is CCS(=O)(=O)c1nsc(NC(=O)C(C#N)=Cc2cn(CCOc3cccc(C)c3)c3ccccc23)n1. The molecule has 9 nitrogen and oxygen atoms in total. The number of nitrogens with zero attached hydrogens (tertiary/aromatic N) is 4. The van der Waals surface area contributed by atoms with Crippen LogP contribution in [-0.2, 0) is 21.2 Å². The van der Waals surface area contributed by atoms with Crippen LogP contribution in [0.2, 0.25) is 0 Å². The van der Waals surface area contributed by atoms with Gasteiger partial charge in [-0.05, 0) is 36.8 Å². The zero-order chi connectivity index (χ0) is 25.7. The predicted molar refractivity (Wildman–Crippen MR) is 138 cm³/mol. The van der Waals surface area contributed by atoms with Crippen molar-refractivity contribution in [1.82, 2.24) is 13.9 Å². The van der Waals surface area contributed by atoms with Crippen molar-refractivity contribution < 1.29 is 17.9 Å². The molecule has 0 atom stereocenters. The lowest BCUT2D eigenvalue weighted by Gasteiger charge is -2.08. The van der Waals surface area contributed by atoms with Crippen LogP contribution in [0.15, 0.2) is 65.5 Å². The summed E-state index contributed by atoms with van der Waals surface area (Å²) in [5.74, 6) is -0.0594. The number of amides is 1. The zero-order valence-corrected chi connectivity index (χ0v) is 21.3. The van der Waals surface area contributed by atoms with E-state index in [0.29, 0.717) is 18.7 Å². The van der Waals surface area contributed by atoms with Crippen LogP contribution in [0.5, 0.6) is 5.75 Å². The Balaban J connectivity index is 1.54. The summed E-state index contributed by atoms with van der Waals surface area (Å²) >= 11 is 0.742. The van der Waals surface area contributed by atoms with Crippen LogP contribution in [0.25, 0.3) is 17.0 Å². The van der Waals surface area contributed by atoms with Crippen molar-refractivity contribution in [1.29, 1.82) is 5.26 Å². The molecule has 0 aliphatic heterocycles. The number of carbonyl (C=O) groups is 1. The number of aryl methyl sites for hydroxylation is 1. The lowest BCUT2D eigenvalue weighted by molar-refractivity contribution is -0.112. The standard InChI is InChI=1S/C25H23N5O4S2/c1-3-36(32,33)25-28-24(35-29-25)27-23(31)18(15-26)14-19-16-30(22-10-5-4-9-21(19)22)11-12-34-20-8-6-7-17(2)13-20/h4-10,13-14,16H,3,11-12H2,1-2H3,(H,27,28,29,31). The van der Waals surface area contributed by atoms with Gasteiger partial charge in [0.25, 0.3) is 11.1 Å². The highest BCUT2D eigenvalue weighted by atomic mass is 32.2. The van der Waals surface area contributed by atoms with Gasteiger partial charge in [0.1, 0.15) is 24.0 Å². The molecule has 0 radical (unpaired) electrons. The summed E-state index contributed by atoms with van der Waals surface area (Å²) in [7, 11) is -3.59. The molecule has 0 saturated heterocycles. The van der Waals surface area contributed by atoms with Gasteiger partial charge in [0.2, 0.25) is 15.0 Å². The van der Waals surface area contributed by atoms with Crippen molar-refractivity contribution in [3.05, 3.63) is 71.4 Å². The van der Waals surface area contributed by atoms with Crippen molar-refractivity contribution in [2.24, 2.45) is 0 Å². The average molecular weight is 522 g/mol. The Bertz CT molecular complexity index is 1600. The molecule has 4 aromatic rings. The van der Waals surface area contributed by atoms with Gasteiger partial charge in [-0.15, -0.1) is 0 Å². The first kappa shape index (κ1) is 25.1. The lowest BCUT2D eigenvalue weighted by Crippen LogP contribution is -2.13. The minimum Gasteiger partial charge on any atom is -0.492 e. The normalized spacial score (nSPS) is 11.9. The van der Waals surface area contributed by atoms with Gasteiger partial charge in [0, 0.05) is 34.2 Å². The Morgan fingerprint density at radius 3 is 2.81 bits per heavy atom. The molecule has 2 aromatic carbocycles. The summed E-state index contributed by atoms with van der Waals surface area (Å²) < 4.78 is 35.5. The smallest absolute Gasteiger partial charge is 0.268 e. The van der Waals surface area contributed by atoms with Gasteiger partial charge in [-0.1, -0.05) is 37.3 Å². The second-order valence-electron chi connectivity index (χ2n) is 7.87. The molecule has 1 N–H and O–H groups in total. The van der Waals surface area contributed by atoms with Crippen LogP contribution in [0.1, 0.15) is 18.1 Å². The van der Waals surface area contributed by atoms with Crippen LogP contribution in [0.4, 0.5) is 5.13 Å². The number of hydrogen-bond donors (Lipinski definition) is 1. The minimum atomic E-state index is -3.59. The number of carbonyl (C=O) groups excluding carboxylic acids is 1. The van der Waals surface area contributed by atoms with Crippen LogP contribution in [0, 0.1) is 18.3 Å².